The molecule has 0 atom stereocenters. The number of rotatable bonds is 6. The van der Waals surface area contributed by atoms with Crippen LogP contribution in [0.1, 0.15) is 26.5 Å². The predicted octanol–water partition coefficient (Wildman–Crippen LogP) is 3.71. The number of carbonyl (C=O) groups is 2. The summed E-state index contributed by atoms with van der Waals surface area (Å²) in [4.78, 5) is 31.8. The Kier molecular flexibility index (Phi) is 6.26. The van der Waals surface area contributed by atoms with Crippen LogP contribution in [-0.4, -0.2) is 34.8 Å². The molecule has 5 nitrogen and oxygen atoms in total. The van der Waals surface area contributed by atoms with E-state index in [1.54, 1.807) is 15.9 Å². The van der Waals surface area contributed by atoms with Gasteiger partial charge in [-0.2, -0.15) is 0 Å². The highest BCUT2D eigenvalue weighted by Gasteiger charge is 2.17. The summed E-state index contributed by atoms with van der Waals surface area (Å²) in [5.74, 6) is -0.147. The molecule has 0 N–H and O–H groups in total. The summed E-state index contributed by atoms with van der Waals surface area (Å²) >= 11 is 1.37. The Balaban J connectivity index is 2.20. The Bertz CT molecular complexity index is 721. The van der Waals surface area contributed by atoms with Crippen molar-refractivity contribution >= 4 is 40.0 Å². The van der Waals surface area contributed by atoms with Crippen LogP contribution in [0.2, 0.25) is 0 Å². The number of anilines is 2. The van der Waals surface area contributed by atoms with Crippen LogP contribution >= 0.6 is 11.3 Å². The number of para-hydroxylation sites is 1. The molecule has 6 heteroatoms. The first-order valence-electron chi connectivity index (χ1n) is 7.85. The van der Waals surface area contributed by atoms with Gasteiger partial charge in [-0.15, -0.1) is 11.3 Å². The van der Waals surface area contributed by atoms with E-state index in [1.807, 2.05) is 49.6 Å². The van der Waals surface area contributed by atoms with E-state index in [0.717, 1.165) is 5.69 Å². The fourth-order valence-corrected chi connectivity index (χ4v) is 3.11. The van der Waals surface area contributed by atoms with Crippen molar-refractivity contribution in [2.75, 3.05) is 18.0 Å². The van der Waals surface area contributed by atoms with Gasteiger partial charge in [-0.05, 0) is 32.1 Å². The Morgan fingerprint density at radius 1 is 1.17 bits per heavy atom. The lowest BCUT2D eigenvalue weighted by atomic mass is 10.3. The van der Waals surface area contributed by atoms with Crippen LogP contribution in [0.3, 0.4) is 0 Å². The molecule has 0 spiro atoms. The van der Waals surface area contributed by atoms with Gasteiger partial charge in [-0.1, -0.05) is 18.2 Å². The SMILES string of the molecule is CCN(CC)C(=O)C=Cc1csc(N(C(C)=O)c2ccccc2)n1. The minimum atomic E-state index is -0.106. The topological polar surface area (TPSA) is 53.5 Å². The highest BCUT2D eigenvalue weighted by atomic mass is 32.1. The van der Waals surface area contributed by atoms with Crippen molar-refractivity contribution in [2.45, 2.75) is 20.8 Å². The number of aromatic nitrogens is 1. The Hall–Kier alpha value is -2.47. The van der Waals surface area contributed by atoms with Gasteiger partial charge in [0, 0.05) is 31.5 Å². The lowest BCUT2D eigenvalue weighted by Crippen LogP contribution is -2.28. The van der Waals surface area contributed by atoms with Crippen molar-refractivity contribution in [3.8, 4) is 0 Å². The fourth-order valence-electron chi connectivity index (χ4n) is 2.26. The van der Waals surface area contributed by atoms with Crippen molar-refractivity contribution < 1.29 is 9.59 Å². The zero-order chi connectivity index (χ0) is 17.5. The molecule has 0 aliphatic heterocycles. The van der Waals surface area contributed by atoms with Crippen LogP contribution < -0.4 is 4.90 Å². The van der Waals surface area contributed by atoms with Gasteiger partial charge in [0.25, 0.3) is 0 Å². The Morgan fingerprint density at radius 2 is 1.83 bits per heavy atom. The second-order valence-corrected chi connectivity index (χ2v) is 5.93. The van der Waals surface area contributed by atoms with Gasteiger partial charge in [0.1, 0.15) is 0 Å². The predicted molar refractivity (Wildman–Crippen MR) is 98.3 cm³/mol. The van der Waals surface area contributed by atoms with Crippen molar-refractivity contribution in [3.05, 3.63) is 47.5 Å². The van der Waals surface area contributed by atoms with E-state index in [9.17, 15) is 9.59 Å². The number of likely N-dealkylation sites (N-methyl/N-ethyl adjacent to an activating group) is 1. The van der Waals surface area contributed by atoms with Crippen LogP contribution in [-0.2, 0) is 9.59 Å². The van der Waals surface area contributed by atoms with E-state index in [4.69, 9.17) is 0 Å². The third kappa shape index (κ3) is 4.29. The third-order valence-electron chi connectivity index (χ3n) is 3.50. The molecule has 0 fully saturated rings. The molecule has 1 aromatic heterocycles. The van der Waals surface area contributed by atoms with Gasteiger partial charge in [0.2, 0.25) is 11.8 Å². The lowest BCUT2D eigenvalue weighted by molar-refractivity contribution is -0.125. The molecule has 0 radical (unpaired) electrons. The largest absolute Gasteiger partial charge is 0.340 e. The molecule has 1 aromatic carbocycles. The number of carbonyl (C=O) groups excluding carboxylic acids is 2. The zero-order valence-corrected chi connectivity index (χ0v) is 14.9. The maximum absolute atomic E-state index is 12.0. The lowest BCUT2D eigenvalue weighted by Gasteiger charge is -2.17. The monoisotopic (exact) mass is 343 g/mol. The van der Waals surface area contributed by atoms with Gasteiger partial charge < -0.3 is 4.90 Å². The van der Waals surface area contributed by atoms with E-state index in [1.165, 1.54) is 24.3 Å². The summed E-state index contributed by atoms with van der Waals surface area (Å²) < 4.78 is 0. The smallest absolute Gasteiger partial charge is 0.246 e. The molecule has 0 saturated heterocycles. The van der Waals surface area contributed by atoms with Gasteiger partial charge in [0.05, 0.1) is 11.4 Å². The molecule has 0 aliphatic carbocycles. The average Bonchev–Trinajstić information content (AvgIpc) is 3.03. The molecule has 24 heavy (non-hydrogen) atoms. The van der Waals surface area contributed by atoms with Crippen LogP contribution in [0.25, 0.3) is 6.08 Å². The quantitative estimate of drug-likeness (QED) is 0.751. The molecule has 0 saturated carbocycles. The van der Waals surface area contributed by atoms with Gasteiger partial charge in [-0.25, -0.2) is 4.98 Å². The molecule has 0 bridgehead atoms. The number of hydrogen-bond acceptors (Lipinski definition) is 4. The van der Waals surface area contributed by atoms with E-state index in [-0.39, 0.29) is 11.8 Å². The van der Waals surface area contributed by atoms with E-state index < -0.39 is 0 Å². The highest BCUT2D eigenvalue weighted by Crippen LogP contribution is 2.28. The van der Waals surface area contributed by atoms with Crippen molar-refractivity contribution in [1.29, 1.82) is 0 Å². The molecule has 2 amide bonds. The van der Waals surface area contributed by atoms with Crippen LogP contribution in [0.5, 0.6) is 0 Å². The molecule has 0 aliphatic rings. The Labute approximate surface area is 146 Å². The highest BCUT2D eigenvalue weighted by molar-refractivity contribution is 7.14. The summed E-state index contributed by atoms with van der Waals surface area (Å²) in [6.07, 6.45) is 3.20. The third-order valence-corrected chi connectivity index (χ3v) is 4.35. The van der Waals surface area contributed by atoms with Gasteiger partial charge >= 0.3 is 0 Å². The minimum Gasteiger partial charge on any atom is -0.340 e. The molecule has 2 aromatic rings. The van der Waals surface area contributed by atoms with E-state index in [2.05, 4.69) is 4.98 Å². The van der Waals surface area contributed by atoms with E-state index in [0.29, 0.717) is 23.9 Å². The normalized spacial score (nSPS) is 10.8. The molecule has 0 unspecified atom stereocenters. The van der Waals surface area contributed by atoms with Crippen molar-refractivity contribution in [1.82, 2.24) is 9.88 Å². The first-order chi connectivity index (χ1) is 11.6. The number of benzene rings is 1. The Morgan fingerprint density at radius 3 is 2.42 bits per heavy atom. The summed E-state index contributed by atoms with van der Waals surface area (Å²) in [5, 5.41) is 2.42. The molecular formula is C18H21N3O2S. The average molecular weight is 343 g/mol. The van der Waals surface area contributed by atoms with Crippen LogP contribution in [0.4, 0.5) is 10.8 Å². The van der Waals surface area contributed by atoms with Crippen molar-refractivity contribution in [2.24, 2.45) is 0 Å². The number of hydrogen-bond donors (Lipinski definition) is 0. The van der Waals surface area contributed by atoms with Crippen LogP contribution in [0, 0.1) is 0 Å². The standard InChI is InChI=1S/C18H21N3O2S/c1-4-20(5-2)17(23)12-11-15-13-24-18(19-15)21(14(3)22)16-9-7-6-8-10-16/h6-13H,4-5H2,1-3H3. The van der Waals surface area contributed by atoms with Crippen LogP contribution in [0.15, 0.2) is 41.8 Å². The van der Waals surface area contributed by atoms with Gasteiger partial charge in [0.15, 0.2) is 5.13 Å². The maximum atomic E-state index is 12.0. The maximum Gasteiger partial charge on any atom is 0.246 e. The number of thiazole rings is 1. The molecule has 126 valence electrons. The molecular weight excluding hydrogens is 322 g/mol. The second kappa shape index (κ2) is 8.40. The first kappa shape index (κ1) is 17.9. The van der Waals surface area contributed by atoms with Gasteiger partial charge in [-0.3, -0.25) is 14.5 Å². The molecule has 2 rings (SSSR count). The second-order valence-electron chi connectivity index (χ2n) is 5.09. The summed E-state index contributed by atoms with van der Waals surface area (Å²) in [5.41, 5.74) is 1.44. The fraction of sp³-hybridized carbons (Fsp3) is 0.278. The minimum absolute atomic E-state index is 0.0407. The van der Waals surface area contributed by atoms with Crippen molar-refractivity contribution in [3.63, 3.8) is 0 Å². The molecule has 1 heterocycles. The summed E-state index contributed by atoms with van der Waals surface area (Å²) in [6.45, 7) is 6.75. The summed E-state index contributed by atoms with van der Waals surface area (Å²) in [7, 11) is 0. The summed E-state index contributed by atoms with van der Waals surface area (Å²) in [6, 6.07) is 9.38. The first-order valence-corrected chi connectivity index (χ1v) is 8.73. The number of nitrogens with zero attached hydrogens (tertiary/aromatic N) is 3. The number of amides is 2. The zero-order valence-electron chi connectivity index (χ0n) is 14.1. The van der Waals surface area contributed by atoms with E-state index >= 15 is 0 Å².